The Hall–Kier alpha value is -3.06. The van der Waals surface area contributed by atoms with Crippen molar-refractivity contribution in [3.8, 4) is 10.7 Å². The predicted molar refractivity (Wildman–Crippen MR) is 107 cm³/mol. The molecule has 1 aliphatic rings. The maximum atomic E-state index is 12.8. The summed E-state index contributed by atoms with van der Waals surface area (Å²) in [7, 11) is 0. The molecule has 28 heavy (non-hydrogen) atoms. The SMILES string of the molecule is O=C(O)c1ccccc1C1CCN(C(=O)c2csc(-c3ccccn3)n2)CC1. The Morgan fingerprint density at radius 1 is 1.07 bits per heavy atom. The van der Waals surface area contributed by atoms with E-state index in [2.05, 4.69) is 9.97 Å². The maximum absolute atomic E-state index is 12.8. The molecule has 1 amide bonds. The van der Waals surface area contributed by atoms with Gasteiger partial charge in [0.2, 0.25) is 0 Å². The van der Waals surface area contributed by atoms with E-state index in [1.54, 1.807) is 28.6 Å². The zero-order chi connectivity index (χ0) is 19.5. The average molecular weight is 393 g/mol. The Balaban J connectivity index is 1.44. The van der Waals surface area contributed by atoms with Crippen LogP contribution in [0, 0.1) is 0 Å². The summed E-state index contributed by atoms with van der Waals surface area (Å²) in [6.07, 6.45) is 3.19. The average Bonchev–Trinajstić information content (AvgIpc) is 3.24. The first-order valence-corrected chi connectivity index (χ1v) is 10.00. The number of hydrogen-bond acceptors (Lipinski definition) is 5. The number of thiazole rings is 1. The van der Waals surface area contributed by atoms with Crippen molar-refractivity contribution < 1.29 is 14.7 Å². The van der Waals surface area contributed by atoms with Gasteiger partial charge in [-0.05, 0) is 42.5 Å². The predicted octanol–water partition coefficient (Wildman–Crippen LogP) is 3.92. The highest BCUT2D eigenvalue weighted by molar-refractivity contribution is 7.13. The molecule has 0 spiro atoms. The van der Waals surface area contributed by atoms with Crippen LogP contribution in [0.2, 0.25) is 0 Å². The van der Waals surface area contributed by atoms with Crippen LogP contribution in [0.1, 0.15) is 45.2 Å². The second kappa shape index (κ2) is 7.90. The molecule has 0 aliphatic carbocycles. The fourth-order valence-corrected chi connectivity index (χ4v) is 4.35. The van der Waals surface area contributed by atoms with Crippen LogP contribution >= 0.6 is 11.3 Å². The number of hydrogen-bond donors (Lipinski definition) is 1. The van der Waals surface area contributed by atoms with Gasteiger partial charge in [-0.15, -0.1) is 11.3 Å². The van der Waals surface area contributed by atoms with E-state index in [1.165, 1.54) is 11.3 Å². The van der Waals surface area contributed by atoms with Crippen LogP contribution in [0.5, 0.6) is 0 Å². The lowest BCUT2D eigenvalue weighted by Crippen LogP contribution is -2.38. The summed E-state index contributed by atoms with van der Waals surface area (Å²) in [5.41, 5.74) is 2.41. The minimum Gasteiger partial charge on any atom is -0.478 e. The van der Waals surface area contributed by atoms with Crippen LogP contribution < -0.4 is 0 Å². The van der Waals surface area contributed by atoms with E-state index in [0.29, 0.717) is 24.3 Å². The topological polar surface area (TPSA) is 83.4 Å². The van der Waals surface area contributed by atoms with E-state index < -0.39 is 5.97 Å². The number of piperidine rings is 1. The molecular weight excluding hydrogens is 374 g/mol. The van der Waals surface area contributed by atoms with Gasteiger partial charge in [-0.3, -0.25) is 9.78 Å². The van der Waals surface area contributed by atoms with Crippen molar-refractivity contribution in [1.82, 2.24) is 14.9 Å². The van der Waals surface area contributed by atoms with Gasteiger partial charge in [0.25, 0.3) is 5.91 Å². The quantitative estimate of drug-likeness (QED) is 0.726. The highest BCUT2D eigenvalue weighted by Crippen LogP contribution is 2.31. The van der Waals surface area contributed by atoms with Crippen LogP contribution in [-0.2, 0) is 0 Å². The lowest BCUT2D eigenvalue weighted by Gasteiger charge is -2.32. The van der Waals surface area contributed by atoms with E-state index in [1.807, 2.05) is 30.3 Å². The van der Waals surface area contributed by atoms with Crippen molar-refractivity contribution in [1.29, 1.82) is 0 Å². The Morgan fingerprint density at radius 2 is 1.82 bits per heavy atom. The van der Waals surface area contributed by atoms with E-state index in [-0.39, 0.29) is 11.8 Å². The van der Waals surface area contributed by atoms with Crippen molar-refractivity contribution in [2.24, 2.45) is 0 Å². The van der Waals surface area contributed by atoms with Gasteiger partial charge in [-0.25, -0.2) is 9.78 Å². The Morgan fingerprint density at radius 3 is 2.54 bits per heavy atom. The first-order valence-electron chi connectivity index (χ1n) is 9.12. The molecule has 3 heterocycles. The summed E-state index contributed by atoms with van der Waals surface area (Å²) in [5.74, 6) is -0.835. The van der Waals surface area contributed by atoms with Gasteiger partial charge in [0.1, 0.15) is 10.7 Å². The molecule has 7 heteroatoms. The zero-order valence-electron chi connectivity index (χ0n) is 15.1. The Labute approximate surface area is 166 Å². The molecule has 0 radical (unpaired) electrons. The molecule has 0 bridgehead atoms. The number of nitrogens with zero attached hydrogens (tertiary/aromatic N) is 3. The molecule has 4 rings (SSSR count). The molecular formula is C21H19N3O3S. The van der Waals surface area contributed by atoms with E-state index >= 15 is 0 Å². The van der Waals surface area contributed by atoms with Crippen LogP contribution in [-0.4, -0.2) is 44.9 Å². The first-order chi connectivity index (χ1) is 13.6. The summed E-state index contributed by atoms with van der Waals surface area (Å²) < 4.78 is 0. The third-order valence-corrected chi connectivity index (χ3v) is 5.89. The van der Waals surface area contributed by atoms with Crippen molar-refractivity contribution in [3.05, 3.63) is 70.9 Å². The third kappa shape index (κ3) is 3.66. The van der Waals surface area contributed by atoms with E-state index in [9.17, 15) is 14.7 Å². The molecule has 1 N–H and O–H groups in total. The molecule has 6 nitrogen and oxygen atoms in total. The van der Waals surface area contributed by atoms with Crippen LogP contribution in [0.25, 0.3) is 10.7 Å². The monoisotopic (exact) mass is 393 g/mol. The molecule has 1 saturated heterocycles. The fraction of sp³-hybridized carbons (Fsp3) is 0.238. The number of aromatic carboxylic acids is 1. The smallest absolute Gasteiger partial charge is 0.335 e. The van der Waals surface area contributed by atoms with Gasteiger partial charge >= 0.3 is 5.97 Å². The molecule has 0 saturated carbocycles. The first kappa shape index (κ1) is 18.3. The van der Waals surface area contributed by atoms with Crippen molar-refractivity contribution >= 4 is 23.2 Å². The zero-order valence-corrected chi connectivity index (χ0v) is 15.9. The molecule has 0 unspecified atom stereocenters. The minimum atomic E-state index is -0.904. The highest BCUT2D eigenvalue weighted by Gasteiger charge is 2.28. The molecule has 3 aromatic rings. The van der Waals surface area contributed by atoms with E-state index in [4.69, 9.17) is 0 Å². The number of aromatic nitrogens is 2. The van der Waals surface area contributed by atoms with Gasteiger partial charge in [0.05, 0.1) is 11.3 Å². The summed E-state index contributed by atoms with van der Waals surface area (Å²) in [6.45, 7) is 1.18. The van der Waals surface area contributed by atoms with Gasteiger partial charge in [-0.2, -0.15) is 0 Å². The second-order valence-electron chi connectivity index (χ2n) is 6.71. The number of amides is 1. The van der Waals surface area contributed by atoms with Gasteiger partial charge in [0.15, 0.2) is 0 Å². The number of carbonyl (C=O) groups is 2. The van der Waals surface area contributed by atoms with Crippen molar-refractivity contribution in [2.45, 2.75) is 18.8 Å². The highest BCUT2D eigenvalue weighted by atomic mass is 32.1. The summed E-state index contributed by atoms with van der Waals surface area (Å²) >= 11 is 1.41. The Bertz CT molecular complexity index is 995. The molecule has 1 aromatic carbocycles. The van der Waals surface area contributed by atoms with Crippen LogP contribution in [0.4, 0.5) is 0 Å². The lowest BCUT2D eigenvalue weighted by atomic mass is 9.86. The number of carboxylic acids is 1. The number of carboxylic acid groups (broad SMARTS) is 1. The fourth-order valence-electron chi connectivity index (χ4n) is 3.58. The number of carbonyl (C=O) groups excluding carboxylic acids is 1. The molecule has 0 atom stereocenters. The molecule has 1 fully saturated rings. The largest absolute Gasteiger partial charge is 0.478 e. The number of rotatable bonds is 4. The number of benzene rings is 1. The maximum Gasteiger partial charge on any atom is 0.335 e. The number of likely N-dealkylation sites (tertiary alicyclic amines) is 1. The summed E-state index contributed by atoms with van der Waals surface area (Å²) in [5, 5.41) is 11.9. The van der Waals surface area contributed by atoms with Crippen LogP contribution in [0.3, 0.4) is 0 Å². The normalized spacial score (nSPS) is 14.8. The summed E-state index contributed by atoms with van der Waals surface area (Å²) in [4.78, 5) is 34.8. The van der Waals surface area contributed by atoms with Crippen molar-refractivity contribution in [3.63, 3.8) is 0 Å². The molecule has 1 aliphatic heterocycles. The van der Waals surface area contributed by atoms with Crippen molar-refractivity contribution in [2.75, 3.05) is 13.1 Å². The number of pyridine rings is 1. The second-order valence-corrected chi connectivity index (χ2v) is 7.57. The third-order valence-electron chi connectivity index (χ3n) is 5.02. The lowest BCUT2D eigenvalue weighted by molar-refractivity contribution is 0.0679. The Kier molecular flexibility index (Phi) is 5.16. The van der Waals surface area contributed by atoms with Gasteiger partial charge in [-0.1, -0.05) is 24.3 Å². The van der Waals surface area contributed by atoms with Gasteiger partial charge < -0.3 is 10.0 Å². The molecule has 142 valence electrons. The minimum absolute atomic E-state index is 0.0802. The van der Waals surface area contributed by atoms with Crippen LogP contribution in [0.15, 0.2) is 54.0 Å². The van der Waals surface area contributed by atoms with E-state index in [0.717, 1.165) is 29.1 Å². The van der Waals surface area contributed by atoms with Gasteiger partial charge in [0, 0.05) is 24.7 Å². The molecule has 2 aromatic heterocycles. The standard InChI is InChI=1S/C21H19N3O3S/c25-20(18-13-28-19(23-18)17-7-3-4-10-22-17)24-11-8-14(9-12-24)15-5-1-2-6-16(15)21(26)27/h1-7,10,13-14H,8-9,11-12H2,(H,26,27). The summed E-state index contributed by atoms with van der Waals surface area (Å²) in [6, 6.07) is 12.7.